The van der Waals surface area contributed by atoms with Crippen LogP contribution < -0.4 is 0 Å². The van der Waals surface area contributed by atoms with Gasteiger partial charge in [-0.15, -0.1) is 0 Å². The molecule has 0 saturated carbocycles. The van der Waals surface area contributed by atoms with Crippen molar-refractivity contribution in [1.82, 2.24) is 4.90 Å². The van der Waals surface area contributed by atoms with Crippen LogP contribution in [0.25, 0.3) is 0 Å². The fourth-order valence-electron chi connectivity index (χ4n) is 2.00. The maximum absolute atomic E-state index is 13.6. The Hall–Kier alpha value is -0.376. The molecule has 1 aliphatic rings. The Balaban J connectivity index is 2.26. The third kappa shape index (κ3) is 2.47. The van der Waals surface area contributed by atoms with Crippen LogP contribution in [0, 0.1) is 11.6 Å². The van der Waals surface area contributed by atoms with Crippen molar-refractivity contribution in [1.29, 1.82) is 0 Å². The van der Waals surface area contributed by atoms with E-state index in [-0.39, 0.29) is 5.56 Å². The van der Waals surface area contributed by atoms with Gasteiger partial charge in [0.25, 0.3) is 0 Å². The standard InChI is InChI=1S/C12H13F2N.Ti/c13-11-5-4-6-12(14)10(11)9-15-7-2-1-3-8-15;/h4-6H,1-3,7-8H2;. The van der Waals surface area contributed by atoms with Gasteiger partial charge in [-0.05, 0) is 0 Å². The quantitative estimate of drug-likeness (QED) is 0.736. The number of nitrogens with zero attached hydrogens (tertiary/aromatic N) is 1. The first kappa shape index (κ1) is 12.1. The Morgan fingerprint density at radius 3 is 2.19 bits per heavy atom. The second kappa shape index (κ2) is 5.30. The van der Waals surface area contributed by atoms with Gasteiger partial charge >= 0.3 is 105 Å². The van der Waals surface area contributed by atoms with E-state index >= 15 is 0 Å². The SMILES string of the molecule is Fc1cccc(F)c1[C](=[Ti])N1CCCCC1. The van der Waals surface area contributed by atoms with E-state index in [1.807, 2.05) is 0 Å². The number of halogens is 2. The van der Waals surface area contributed by atoms with Gasteiger partial charge in [-0.3, -0.25) is 0 Å². The molecule has 84 valence electrons. The number of rotatable bonds is 2. The van der Waals surface area contributed by atoms with E-state index in [1.54, 1.807) is 20.0 Å². The molecule has 16 heavy (non-hydrogen) atoms. The second-order valence-electron chi connectivity index (χ2n) is 3.99. The first-order valence-corrected chi connectivity index (χ1v) is 6.26. The van der Waals surface area contributed by atoms with E-state index < -0.39 is 11.6 Å². The second-order valence-corrected chi connectivity index (χ2v) is 4.73. The summed E-state index contributed by atoms with van der Waals surface area (Å²) in [6.45, 7) is 1.80. The van der Waals surface area contributed by atoms with Crippen LogP contribution in [0.5, 0.6) is 0 Å². The number of likely N-dealkylation sites (tertiary alicyclic amines) is 1. The molecule has 1 nitrogen and oxygen atoms in total. The van der Waals surface area contributed by atoms with Gasteiger partial charge in [0.1, 0.15) is 0 Å². The molecule has 0 unspecified atom stereocenters. The summed E-state index contributed by atoms with van der Waals surface area (Å²) in [7, 11) is 0. The van der Waals surface area contributed by atoms with Crippen molar-refractivity contribution in [2.75, 3.05) is 13.1 Å². The van der Waals surface area contributed by atoms with E-state index in [1.165, 1.54) is 24.6 Å². The average molecular weight is 257 g/mol. The van der Waals surface area contributed by atoms with Gasteiger partial charge in [-0.1, -0.05) is 0 Å². The molecule has 0 aliphatic carbocycles. The first-order chi connectivity index (χ1) is 7.70. The zero-order valence-corrected chi connectivity index (χ0v) is 10.5. The van der Waals surface area contributed by atoms with Gasteiger partial charge in [0.2, 0.25) is 0 Å². The fraction of sp³-hybridized carbons (Fsp3) is 0.417. The zero-order valence-electron chi connectivity index (χ0n) is 8.97. The summed E-state index contributed by atoms with van der Waals surface area (Å²) in [5.41, 5.74) is 0.129. The summed E-state index contributed by atoms with van der Waals surface area (Å²) < 4.78 is 27.9. The molecule has 2 rings (SSSR count). The van der Waals surface area contributed by atoms with Gasteiger partial charge in [-0.2, -0.15) is 0 Å². The van der Waals surface area contributed by atoms with Gasteiger partial charge in [0.15, 0.2) is 0 Å². The Labute approximate surface area is 105 Å². The normalized spacial score (nSPS) is 17.3. The molecule has 0 radical (unpaired) electrons. The van der Waals surface area contributed by atoms with Crippen LogP contribution in [0.4, 0.5) is 8.78 Å². The van der Waals surface area contributed by atoms with E-state index in [0.29, 0.717) is 0 Å². The average Bonchev–Trinajstić information content (AvgIpc) is 2.30. The predicted molar refractivity (Wildman–Crippen MR) is 55.9 cm³/mol. The summed E-state index contributed by atoms with van der Waals surface area (Å²) in [6.07, 6.45) is 3.42. The fourth-order valence-corrected chi connectivity index (χ4v) is 2.72. The molecule has 0 atom stereocenters. The van der Waals surface area contributed by atoms with Crippen LogP contribution in [0.2, 0.25) is 0 Å². The molecule has 1 aromatic rings. The first-order valence-electron chi connectivity index (χ1n) is 5.48. The number of benzene rings is 1. The Morgan fingerprint density at radius 1 is 1.06 bits per heavy atom. The van der Waals surface area contributed by atoms with Gasteiger partial charge in [0, 0.05) is 0 Å². The molecule has 0 N–H and O–H groups in total. The topological polar surface area (TPSA) is 3.24 Å². The maximum atomic E-state index is 13.6. The Kier molecular flexibility index (Phi) is 4.01. The third-order valence-corrected chi connectivity index (χ3v) is 3.76. The third-order valence-electron chi connectivity index (χ3n) is 2.87. The van der Waals surface area contributed by atoms with Gasteiger partial charge < -0.3 is 0 Å². The van der Waals surface area contributed by atoms with Crippen LogP contribution in [0.1, 0.15) is 24.8 Å². The molecule has 0 spiro atoms. The van der Waals surface area contributed by atoms with Crippen LogP contribution >= 0.6 is 0 Å². The van der Waals surface area contributed by atoms with Crippen molar-refractivity contribution in [3.05, 3.63) is 35.4 Å². The molecule has 4 heteroatoms. The summed E-state index contributed by atoms with van der Waals surface area (Å²) >= 11 is 1.80. The molecule has 1 saturated heterocycles. The van der Waals surface area contributed by atoms with Crippen LogP contribution in [-0.2, 0) is 20.0 Å². The number of hydrogen-bond donors (Lipinski definition) is 0. The van der Waals surface area contributed by atoms with Crippen LogP contribution in [-0.4, -0.2) is 21.9 Å². The molecule has 1 fully saturated rings. The monoisotopic (exact) mass is 257 g/mol. The molecule has 0 amide bonds. The molecule has 1 heterocycles. The Bertz CT molecular complexity index is 380. The molecule has 1 aliphatic heterocycles. The van der Waals surface area contributed by atoms with E-state index in [4.69, 9.17) is 0 Å². The number of hydrogen-bond acceptors (Lipinski definition) is 1. The van der Waals surface area contributed by atoms with Crippen LogP contribution in [0.15, 0.2) is 18.2 Å². The van der Waals surface area contributed by atoms with Crippen molar-refractivity contribution in [3.63, 3.8) is 0 Å². The van der Waals surface area contributed by atoms with Gasteiger partial charge in [-0.25, -0.2) is 0 Å². The molecule has 0 bridgehead atoms. The zero-order chi connectivity index (χ0) is 11.5. The van der Waals surface area contributed by atoms with E-state index in [9.17, 15) is 8.78 Å². The minimum atomic E-state index is -0.469. The summed E-state index contributed by atoms with van der Waals surface area (Å²) in [5, 5.41) is 0. The molecule has 1 aromatic carbocycles. The Morgan fingerprint density at radius 2 is 1.62 bits per heavy atom. The minimum absolute atomic E-state index is 0.129. The van der Waals surface area contributed by atoms with E-state index in [2.05, 4.69) is 4.90 Å². The van der Waals surface area contributed by atoms with E-state index in [0.717, 1.165) is 29.9 Å². The summed E-state index contributed by atoms with van der Waals surface area (Å²) in [6, 6.07) is 4.02. The van der Waals surface area contributed by atoms with Crippen molar-refractivity contribution in [2.24, 2.45) is 0 Å². The summed E-state index contributed by atoms with van der Waals surface area (Å²) in [5.74, 6) is -0.939. The summed E-state index contributed by atoms with van der Waals surface area (Å²) in [4.78, 5) is 2.07. The van der Waals surface area contributed by atoms with Crippen LogP contribution in [0.3, 0.4) is 0 Å². The van der Waals surface area contributed by atoms with Crippen molar-refractivity contribution in [3.8, 4) is 0 Å². The molecule has 0 aromatic heterocycles. The number of piperidine rings is 1. The van der Waals surface area contributed by atoms with Crippen molar-refractivity contribution < 1.29 is 28.8 Å². The predicted octanol–water partition coefficient (Wildman–Crippen LogP) is 2.48. The van der Waals surface area contributed by atoms with Crippen molar-refractivity contribution in [2.45, 2.75) is 19.3 Å². The molecular weight excluding hydrogens is 244 g/mol. The van der Waals surface area contributed by atoms with Crippen molar-refractivity contribution >= 4 is 3.94 Å². The molecular formula is C12H13F2NTi. The van der Waals surface area contributed by atoms with Gasteiger partial charge in [0.05, 0.1) is 0 Å².